The van der Waals surface area contributed by atoms with Crippen molar-refractivity contribution >= 4 is 10.0 Å². The summed E-state index contributed by atoms with van der Waals surface area (Å²) >= 11 is 0. The first-order chi connectivity index (χ1) is 11.9. The maximum absolute atomic E-state index is 13.3. The molecule has 5 heteroatoms. The van der Waals surface area contributed by atoms with Crippen LogP contribution in [-0.2, 0) is 10.0 Å². The Morgan fingerprint density at radius 1 is 1.08 bits per heavy atom. The van der Waals surface area contributed by atoms with Crippen molar-refractivity contribution in [1.82, 2.24) is 4.31 Å². The zero-order chi connectivity index (χ0) is 18.0. The molecule has 3 rings (SSSR count). The van der Waals surface area contributed by atoms with Crippen LogP contribution in [0.5, 0.6) is 0 Å². The molecule has 0 spiro atoms. The van der Waals surface area contributed by atoms with E-state index in [9.17, 15) is 13.5 Å². The average Bonchev–Trinajstić information content (AvgIpc) is 2.62. The fourth-order valence-electron chi connectivity index (χ4n) is 3.11. The quantitative estimate of drug-likeness (QED) is 0.853. The number of aryl methyl sites for hydroxylation is 1. The molecular formula is C20H23NO3S. The molecule has 0 saturated carbocycles. The van der Waals surface area contributed by atoms with E-state index in [0.717, 1.165) is 16.7 Å². The summed E-state index contributed by atoms with van der Waals surface area (Å²) in [6, 6.07) is 16.3. The third-order valence-corrected chi connectivity index (χ3v) is 6.51. The van der Waals surface area contributed by atoms with E-state index < -0.39 is 16.1 Å². The number of sulfonamides is 1. The number of hydrogen-bond donors (Lipinski definition) is 1. The molecule has 0 saturated heterocycles. The third-order valence-electron chi connectivity index (χ3n) is 4.64. The smallest absolute Gasteiger partial charge is 0.243 e. The molecule has 2 aromatic rings. The predicted octanol–water partition coefficient (Wildman–Crippen LogP) is 3.44. The molecule has 2 aromatic carbocycles. The van der Waals surface area contributed by atoms with Crippen molar-refractivity contribution in [2.24, 2.45) is 0 Å². The van der Waals surface area contributed by atoms with Gasteiger partial charge in [0.1, 0.15) is 0 Å². The highest BCUT2D eigenvalue weighted by Gasteiger charge is 2.35. The van der Waals surface area contributed by atoms with Crippen LogP contribution in [0.4, 0.5) is 0 Å². The van der Waals surface area contributed by atoms with Gasteiger partial charge in [-0.1, -0.05) is 54.1 Å². The summed E-state index contributed by atoms with van der Waals surface area (Å²) in [7, 11) is -3.66. The Kier molecular flexibility index (Phi) is 5.08. The van der Waals surface area contributed by atoms with E-state index in [-0.39, 0.29) is 17.5 Å². The van der Waals surface area contributed by atoms with Gasteiger partial charge in [-0.15, -0.1) is 0 Å². The van der Waals surface area contributed by atoms with E-state index in [4.69, 9.17) is 0 Å². The number of nitrogens with zero attached hydrogens (tertiary/aromatic N) is 1. The molecule has 0 fully saturated rings. The molecule has 1 aliphatic rings. The standard InChI is InChI=1S/C20H23NO3S/c1-15-8-11-19(12-9-15)25(23,24)21-14-18(16(2)22)10-13-20(21)17-6-4-3-5-7-17/h3-12,16,20,22H,13-14H2,1-2H3/t16?,20-/m0/s1. The Balaban J connectivity index is 2.04. The zero-order valence-electron chi connectivity index (χ0n) is 14.5. The van der Waals surface area contributed by atoms with Gasteiger partial charge in [0.25, 0.3) is 0 Å². The first-order valence-corrected chi connectivity index (χ1v) is 9.84. The molecule has 1 aliphatic heterocycles. The van der Waals surface area contributed by atoms with Crippen LogP contribution >= 0.6 is 0 Å². The maximum atomic E-state index is 13.3. The Morgan fingerprint density at radius 3 is 2.32 bits per heavy atom. The van der Waals surface area contributed by atoms with Crippen molar-refractivity contribution in [3.63, 3.8) is 0 Å². The Bertz CT molecular complexity index is 856. The molecule has 1 N–H and O–H groups in total. The summed E-state index contributed by atoms with van der Waals surface area (Å²) in [5.41, 5.74) is 2.71. The fourth-order valence-corrected chi connectivity index (χ4v) is 4.73. The van der Waals surface area contributed by atoms with Gasteiger partial charge >= 0.3 is 0 Å². The molecule has 0 aliphatic carbocycles. The lowest BCUT2D eigenvalue weighted by atomic mass is 9.96. The topological polar surface area (TPSA) is 57.6 Å². The van der Waals surface area contributed by atoms with Crippen LogP contribution in [0.3, 0.4) is 0 Å². The number of aliphatic hydroxyl groups excluding tert-OH is 1. The molecule has 0 amide bonds. The molecule has 1 heterocycles. The van der Waals surface area contributed by atoms with Gasteiger partial charge in [-0.25, -0.2) is 8.42 Å². The number of aliphatic hydroxyl groups is 1. The van der Waals surface area contributed by atoms with Crippen LogP contribution in [0.1, 0.15) is 30.5 Å². The number of benzene rings is 2. The lowest BCUT2D eigenvalue weighted by molar-refractivity contribution is 0.209. The highest BCUT2D eigenvalue weighted by atomic mass is 32.2. The van der Waals surface area contributed by atoms with E-state index >= 15 is 0 Å². The summed E-state index contributed by atoms with van der Waals surface area (Å²) in [6.45, 7) is 3.80. The molecule has 2 atom stereocenters. The van der Waals surface area contributed by atoms with Crippen LogP contribution in [0.2, 0.25) is 0 Å². The zero-order valence-corrected chi connectivity index (χ0v) is 15.3. The van der Waals surface area contributed by atoms with E-state index in [1.54, 1.807) is 31.2 Å². The lowest BCUT2D eigenvalue weighted by Crippen LogP contribution is -2.40. The molecule has 132 valence electrons. The number of rotatable bonds is 4. The first kappa shape index (κ1) is 17.9. The van der Waals surface area contributed by atoms with Crippen molar-refractivity contribution in [1.29, 1.82) is 0 Å². The van der Waals surface area contributed by atoms with Gasteiger partial charge in [0.05, 0.1) is 17.0 Å². The van der Waals surface area contributed by atoms with Crippen LogP contribution in [-0.4, -0.2) is 30.5 Å². The molecule has 0 radical (unpaired) electrons. The van der Waals surface area contributed by atoms with E-state index in [1.807, 2.05) is 43.3 Å². The van der Waals surface area contributed by atoms with Gasteiger partial charge < -0.3 is 5.11 Å². The van der Waals surface area contributed by atoms with E-state index in [2.05, 4.69) is 0 Å². The second kappa shape index (κ2) is 7.12. The molecular weight excluding hydrogens is 334 g/mol. The highest BCUT2D eigenvalue weighted by Crippen LogP contribution is 2.35. The van der Waals surface area contributed by atoms with Gasteiger partial charge in [0.2, 0.25) is 10.0 Å². The monoisotopic (exact) mass is 357 g/mol. The first-order valence-electron chi connectivity index (χ1n) is 8.40. The molecule has 1 unspecified atom stereocenters. The Morgan fingerprint density at radius 2 is 1.72 bits per heavy atom. The van der Waals surface area contributed by atoms with Crippen molar-refractivity contribution in [3.8, 4) is 0 Å². The van der Waals surface area contributed by atoms with E-state index in [0.29, 0.717) is 6.42 Å². The second-order valence-corrected chi connectivity index (χ2v) is 8.37. The minimum atomic E-state index is -3.66. The van der Waals surface area contributed by atoms with Crippen molar-refractivity contribution in [3.05, 3.63) is 77.4 Å². The number of hydrogen-bond acceptors (Lipinski definition) is 3. The maximum Gasteiger partial charge on any atom is 0.243 e. The summed E-state index contributed by atoms with van der Waals surface area (Å²) in [4.78, 5) is 0.283. The van der Waals surface area contributed by atoms with Gasteiger partial charge in [-0.2, -0.15) is 4.31 Å². The minimum absolute atomic E-state index is 0.202. The van der Waals surface area contributed by atoms with E-state index in [1.165, 1.54) is 4.31 Å². The van der Waals surface area contributed by atoms with Crippen molar-refractivity contribution in [2.45, 2.75) is 37.3 Å². The SMILES string of the molecule is Cc1ccc(S(=O)(=O)N2CC(C(C)O)=CC[C@H]2c2ccccc2)cc1. The second-order valence-electron chi connectivity index (χ2n) is 6.48. The van der Waals surface area contributed by atoms with Crippen LogP contribution in [0.25, 0.3) is 0 Å². The summed E-state index contributed by atoms with van der Waals surface area (Å²) in [6.07, 6.45) is 1.85. The summed E-state index contributed by atoms with van der Waals surface area (Å²) in [5.74, 6) is 0. The average molecular weight is 357 g/mol. The van der Waals surface area contributed by atoms with Crippen LogP contribution < -0.4 is 0 Å². The Labute approximate surface area is 149 Å². The Hall–Kier alpha value is -1.95. The van der Waals surface area contributed by atoms with Crippen molar-refractivity contribution in [2.75, 3.05) is 6.54 Å². The largest absolute Gasteiger partial charge is 0.389 e. The summed E-state index contributed by atoms with van der Waals surface area (Å²) in [5, 5.41) is 9.93. The summed E-state index contributed by atoms with van der Waals surface area (Å²) < 4.78 is 28.0. The predicted molar refractivity (Wildman–Crippen MR) is 98.6 cm³/mol. The molecule has 0 aromatic heterocycles. The lowest BCUT2D eigenvalue weighted by Gasteiger charge is -2.35. The van der Waals surface area contributed by atoms with Crippen LogP contribution in [0, 0.1) is 6.92 Å². The highest BCUT2D eigenvalue weighted by molar-refractivity contribution is 7.89. The fraction of sp³-hybridized carbons (Fsp3) is 0.300. The van der Waals surface area contributed by atoms with Crippen LogP contribution in [0.15, 0.2) is 71.1 Å². The normalized spacial score (nSPS) is 20.1. The van der Waals surface area contributed by atoms with Gasteiger partial charge in [-0.3, -0.25) is 0 Å². The van der Waals surface area contributed by atoms with Crippen molar-refractivity contribution < 1.29 is 13.5 Å². The molecule has 25 heavy (non-hydrogen) atoms. The van der Waals surface area contributed by atoms with Gasteiger partial charge in [-0.05, 0) is 43.5 Å². The third kappa shape index (κ3) is 3.68. The molecule has 4 nitrogen and oxygen atoms in total. The van der Waals surface area contributed by atoms with Gasteiger partial charge in [0, 0.05) is 6.54 Å². The molecule has 0 bridgehead atoms. The van der Waals surface area contributed by atoms with Gasteiger partial charge in [0.15, 0.2) is 0 Å². The minimum Gasteiger partial charge on any atom is -0.389 e.